The van der Waals surface area contributed by atoms with Gasteiger partial charge >= 0.3 is 0 Å². The summed E-state index contributed by atoms with van der Waals surface area (Å²) in [5.41, 5.74) is 0.579. The molecular weight excluding hydrogens is 428 g/mol. The van der Waals surface area contributed by atoms with E-state index in [2.05, 4.69) is 41.0 Å². The van der Waals surface area contributed by atoms with Gasteiger partial charge in [-0.1, -0.05) is 29.8 Å². The highest BCUT2D eigenvalue weighted by Crippen LogP contribution is 2.30. The van der Waals surface area contributed by atoms with Crippen molar-refractivity contribution in [2.75, 3.05) is 57.4 Å². The number of ether oxygens (including phenoxy) is 2. The minimum absolute atomic E-state index is 0.116. The second-order valence-corrected chi connectivity index (χ2v) is 9.66. The van der Waals surface area contributed by atoms with Crippen LogP contribution >= 0.6 is 11.6 Å². The summed E-state index contributed by atoms with van der Waals surface area (Å²) in [6.07, 6.45) is 1.39. The number of hydrogen-bond donors (Lipinski definition) is 2. The Labute approximate surface area is 195 Å². The van der Waals surface area contributed by atoms with Crippen LogP contribution < -0.4 is 9.64 Å². The van der Waals surface area contributed by atoms with Crippen molar-refractivity contribution in [2.45, 2.75) is 31.0 Å². The molecule has 4 rings (SSSR count). The first kappa shape index (κ1) is 23.3. The van der Waals surface area contributed by atoms with E-state index < -0.39 is 11.2 Å². The van der Waals surface area contributed by atoms with Crippen molar-refractivity contribution in [3.05, 3.63) is 59.1 Å². The molecule has 2 N–H and O–H groups in total. The van der Waals surface area contributed by atoms with Crippen LogP contribution in [0.25, 0.3) is 0 Å². The third kappa shape index (κ3) is 5.94. The molecule has 0 bridgehead atoms. The van der Waals surface area contributed by atoms with Crippen molar-refractivity contribution < 1.29 is 19.7 Å². The van der Waals surface area contributed by atoms with E-state index in [1.807, 2.05) is 0 Å². The fraction of sp³-hybridized carbons (Fsp3) is 0.520. The number of nitrogens with zero attached hydrogens (tertiary/aromatic N) is 2. The first-order valence-corrected chi connectivity index (χ1v) is 11.7. The van der Waals surface area contributed by atoms with Crippen molar-refractivity contribution in [3.8, 4) is 5.75 Å². The van der Waals surface area contributed by atoms with Crippen LogP contribution in [-0.2, 0) is 4.74 Å². The van der Waals surface area contributed by atoms with Crippen LogP contribution in [0.2, 0.25) is 5.02 Å². The van der Waals surface area contributed by atoms with Gasteiger partial charge in [-0.25, -0.2) is 0 Å². The minimum Gasteiger partial charge on any atom is -0.490 e. The number of β-amino-alcohol motifs (C(OH)–C–C–N with tert-alkyl or cyclic N) is 2. The Bertz CT molecular complexity index is 886. The highest BCUT2D eigenvalue weighted by atomic mass is 35.5. The van der Waals surface area contributed by atoms with Crippen LogP contribution in [0.15, 0.2) is 48.5 Å². The average molecular weight is 461 g/mol. The smallest absolute Gasteiger partial charge is 0.134 e. The topological polar surface area (TPSA) is 65.4 Å². The molecule has 0 amide bonds. The van der Waals surface area contributed by atoms with Crippen LogP contribution in [0, 0.1) is 6.92 Å². The Morgan fingerprint density at radius 2 is 1.72 bits per heavy atom. The van der Waals surface area contributed by atoms with E-state index in [4.69, 9.17) is 21.1 Å². The Morgan fingerprint density at radius 1 is 1.00 bits per heavy atom. The lowest BCUT2D eigenvalue weighted by atomic mass is 9.89. The van der Waals surface area contributed by atoms with Gasteiger partial charge < -0.3 is 24.6 Å². The summed E-state index contributed by atoms with van der Waals surface area (Å²) < 4.78 is 11.5. The molecule has 2 aromatic rings. The maximum atomic E-state index is 11.3. The number of benzene rings is 2. The summed E-state index contributed by atoms with van der Waals surface area (Å²) in [6, 6.07) is 15.5. The van der Waals surface area contributed by atoms with E-state index in [0.717, 1.165) is 13.1 Å². The molecule has 7 heteroatoms. The number of rotatable bonds is 6. The summed E-state index contributed by atoms with van der Waals surface area (Å²) in [7, 11) is 0. The maximum absolute atomic E-state index is 11.3. The molecule has 2 aliphatic rings. The third-order valence-electron chi connectivity index (χ3n) is 6.43. The molecule has 2 fully saturated rings. The number of para-hydroxylation sites is 1. The molecule has 1 atom stereocenters. The molecule has 2 heterocycles. The Balaban J connectivity index is 1.33. The minimum atomic E-state index is -1.14. The largest absolute Gasteiger partial charge is 0.490 e. The molecule has 174 valence electrons. The number of halogens is 1. The lowest BCUT2D eigenvalue weighted by Crippen LogP contribution is -2.55. The number of aryl methyl sites for hydroxylation is 1. The van der Waals surface area contributed by atoms with Gasteiger partial charge in [0.25, 0.3) is 0 Å². The fourth-order valence-electron chi connectivity index (χ4n) is 4.62. The summed E-state index contributed by atoms with van der Waals surface area (Å²) in [6.45, 7) is 6.18. The Hall–Kier alpha value is -1.83. The summed E-state index contributed by atoms with van der Waals surface area (Å²) >= 11 is 5.93. The molecule has 1 unspecified atom stereocenters. The monoisotopic (exact) mass is 460 g/mol. The predicted octanol–water partition coefficient (Wildman–Crippen LogP) is 3.12. The molecule has 0 aromatic heterocycles. The quantitative estimate of drug-likeness (QED) is 0.690. The van der Waals surface area contributed by atoms with Crippen LogP contribution in [-0.4, -0.2) is 78.9 Å². The molecular formula is C25H33ClN2O4. The average Bonchev–Trinajstić information content (AvgIpc) is 2.95. The molecule has 2 saturated heterocycles. The Kier molecular flexibility index (Phi) is 7.27. The van der Waals surface area contributed by atoms with E-state index in [-0.39, 0.29) is 13.2 Å². The summed E-state index contributed by atoms with van der Waals surface area (Å²) in [5, 5.41) is 23.1. The number of hydrogen-bond acceptors (Lipinski definition) is 6. The van der Waals surface area contributed by atoms with E-state index >= 15 is 0 Å². The second kappa shape index (κ2) is 9.98. The van der Waals surface area contributed by atoms with Crippen molar-refractivity contribution in [1.29, 1.82) is 0 Å². The van der Waals surface area contributed by atoms with Gasteiger partial charge in [-0.2, -0.15) is 0 Å². The van der Waals surface area contributed by atoms with Crippen molar-refractivity contribution in [3.63, 3.8) is 0 Å². The highest BCUT2D eigenvalue weighted by Gasteiger charge is 2.39. The molecule has 6 nitrogen and oxygen atoms in total. The summed E-state index contributed by atoms with van der Waals surface area (Å²) in [5.74, 6) is 0.654. The van der Waals surface area contributed by atoms with Crippen molar-refractivity contribution in [2.24, 2.45) is 0 Å². The van der Waals surface area contributed by atoms with E-state index in [1.165, 1.54) is 11.3 Å². The van der Waals surface area contributed by atoms with Gasteiger partial charge in [-0.05, 0) is 55.7 Å². The van der Waals surface area contributed by atoms with Gasteiger partial charge in [0.15, 0.2) is 0 Å². The van der Waals surface area contributed by atoms with Gasteiger partial charge in [-0.3, -0.25) is 4.90 Å². The number of aliphatic hydroxyl groups is 2. The number of piperidine rings is 1. The zero-order valence-electron chi connectivity index (χ0n) is 18.7. The Morgan fingerprint density at radius 3 is 2.44 bits per heavy atom. The van der Waals surface area contributed by atoms with Gasteiger partial charge in [0.05, 0.1) is 18.8 Å². The highest BCUT2D eigenvalue weighted by molar-refractivity contribution is 6.30. The van der Waals surface area contributed by atoms with Crippen LogP contribution in [0.3, 0.4) is 0 Å². The predicted molar refractivity (Wildman–Crippen MR) is 127 cm³/mol. The van der Waals surface area contributed by atoms with Gasteiger partial charge in [0, 0.05) is 43.4 Å². The molecule has 0 aliphatic carbocycles. The zero-order chi connectivity index (χ0) is 22.6. The van der Waals surface area contributed by atoms with Crippen LogP contribution in [0.5, 0.6) is 5.75 Å². The standard InChI is InChI=1S/C25H33ClN2O4/c1-20-4-2-3-5-23(20)28-12-10-24(29,11-13-28)16-27-14-15-31-18-25(30,17-27)19-32-22-8-6-21(26)7-9-22/h2-9,29-30H,10-19H2,1H3. The third-order valence-corrected chi connectivity index (χ3v) is 6.68. The van der Waals surface area contributed by atoms with Gasteiger partial charge in [-0.15, -0.1) is 0 Å². The fourth-order valence-corrected chi connectivity index (χ4v) is 4.75. The number of anilines is 1. The molecule has 0 saturated carbocycles. The molecule has 2 aromatic carbocycles. The first-order chi connectivity index (χ1) is 15.3. The first-order valence-electron chi connectivity index (χ1n) is 11.3. The maximum Gasteiger partial charge on any atom is 0.134 e. The van der Waals surface area contributed by atoms with Crippen molar-refractivity contribution >= 4 is 17.3 Å². The lowest BCUT2D eigenvalue weighted by Gasteiger charge is -2.42. The molecule has 0 radical (unpaired) electrons. The normalized spacial score (nSPS) is 24.2. The van der Waals surface area contributed by atoms with E-state index in [9.17, 15) is 10.2 Å². The van der Waals surface area contributed by atoms with Crippen LogP contribution in [0.4, 0.5) is 5.69 Å². The van der Waals surface area contributed by atoms with Gasteiger partial charge in [0.2, 0.25) is 0 Å². The molecule has 0 spiro atoms. The molecule has 32 heavy (non-hydrogen) atoms. The lowest BCUT2D eigenvalue weighted by molar-refractivity contribution is -0.0742. The SMILES string of the molecule is Cc1ccccc1N1CCC(O)(CN2CCOCC(O)(COc3ccc(Cl)cc3)C2)CC1. The zero-order valence-corrected chi connectivity index (χ0v) is 19.4. The van der Waals surface area contributed by atoms with Crippen molar-refractivity contribution in [1.82, 2.24) is 4.90 Å². The molecule has 2 aliphatic heterocycles. The second-order valence-electron chi connectivity index (χ2n) is 9.23. The van der Waals surface area contributed by atoms with E-state index in [0.29, 0.717) is 49.9 Å². The van der Waals surface area contributed by atoms with E-state index in [1.54, 1.807) is 24.3 Å². The summed E-state index contributed by atoms with van der Waals surface area (Å²) in [4.78, 5) is 4.47. The van der Waals surface area contributed by atoms with Gasteiger partial charge in [0.1, 0.15) is 18.0 Å². The van der Waals surface area contributed by atoms with Crippen LogP contribution in [0.1, 0.15) is 18.4 Å².